The Labute approximate surface area is 765 Å². The van der Waals surface area contributed by atoms with Crippen molar-refractivity contribution in [3.63, 3.8) is 0 Å². The minimum Gasteiger partial charge on any atom is -0.492 e. The van der Waals surface area contributed by atoms with Crippen molar-refractivity contribution in [3.05, 3.63) is 165 Å². The van der Waals surface area contributed by atoms with Crippen molar-refractivity contribution in [2.45, 2.75) is 198 Å². The van der Waals surface area contributed by atoms with Crippen LogP contribution < -0.4 is 69.3 Å². The van der Waals surface area contributed by atoms with E-state index in [1.807, 2.05) is 38.1 Å². The molecule has 4 aliphatic heterocycles. The van der Waals surface area contributed by atoms with Gasteiger partial charge in [-0.25, -0.2) is 49.8 Å². The number of aromatic nitrogens is 15. The van der Waals surface area contributed by atoms with E-state index >= 15 is 0 Å². The summed E-state index contributed by atoms with van der Waals surface area (Å²) in [5, 5.41) is 14.3. The highest BCUT2D eigenvalue weighted by atomic mass is 16.5. The maximum atomic E-state index is 6.54. The predicted molar refractivity (Wildman–Crippen MR) is 508 cm³/mol. The summed E-state index contributed by atoms with van der Waals surface area (Å²) in [4.78, 5) is 76.4. The van der Waals surface area contributed by atoms with E-state index in [0.29, 0.717) is 48.4 Å². The molecule has 690 valence electrons. The van der Waals surface area contributed by atoms with Crippen LogP contribution in [-0.2, 0) is 25.4 Å². The van der Waals surface area contributed by atoms with E-state index in [-0.39, 0.29) is 24.4 Å². The van der Waals surface area contributed by atoms with Crippen molar-refractivity contribution in [3.8, 4) is 34.6 Å². The van der Waals surface area contributed by atoms with Crippen LogP contribution in [0, 0.1) is 6.92 Å². The molecule has 8 aromatic heterocycles. The molecule has 8 fully saturated rings. The number of pyridine rings is 1. The first kappa shape index (κ1) is 90.6. The average molecular weight is 1780 g/mol. The number of methoxy groups -OCH3 is 1. The third kappa shape index (κ3) is 24.7. The number of nitrogens with zero attached hydrogens (tertiary/aromatic N) is 19. The Bertz CT molecular complexity index is 5640. The number of fused-ring (bicyclic) bond motifs is 4. The molecule has 12 aromatic rings. The minimum atomic E-state index is 0.148. The summed E-state index contributed by atoms with van der Waals surface area (Å²) < 4.78 is 58.9. The van der Waals surface area contributed by atoms with Gasteiger partial charge in [0.15, 0.2) is 0 Å². The van der Waals surface area contributed by atoms with E-state index in [1.54, 1.807) is 75.5 Å². The second-order valence-corrected chi connectivity index (χ2v) is 34.7. The zero-order chi connectivity index (χ0) is 89.5. The van der Waals surface area contributed by atoms with Gasteiger partial charge in [0, 0.05) is 203 Å². The number of aryl methyl sites for hydroxylation is 2. The van der Waals surface area contributed by atoms with Crippen LogP contribution in [0.5, 0.6) is 34.6 Å². The molecular weight excluding hydrogens is 1660 g/mol. The Balaban J connectivity index is 0.000000122. The van der Waals surface area contributed by atoms with E-state index in [0.717, 1.165) is 345 Å². The smallest absolute Gasteiger partial charge is 0.218 e. The maximum absolute atomic E-state index is 6.54. The highest BCUT2D eigenvalue weighted by molar-refractivity contribution is 5.88. The molecule has 0 bridgehead atoms. The second-order valence-electron chi connectivity index (χ2n) is 34.7. The molecule has 4 aromatic carbocycles. The van der Waals surface area contributed by atoms with Crippen molar-refractivity contribution < 1.29 is 47.4 Å². The van der Waals surface area contributed by atoms with E-state index in [9.17, 15) is 0 Å². The first-order valence-corrected chi connectivity index (χ1v) is 47.0. The molecule has 33 heteroatoms. The summed E-state index contributed by atoms with van der Waals surface area (Å²) in [7, 11) is 1.62. The largest absolute Gasteiger partial charge is 0.492 e. The molecule has 4 saturated carbocycles. The lowest BCUT2D eigenvalue weighted by molar-refractivity contribution is 0.122. The number of nitrogens with one attached hydrogen (secondary N) is 4. The SMILES string of the molecule is CC(C)c1cc(NC2CCC(Oc3cc(N4CCOCC4)cc4nccnc34)CC2)ncn1.CCOc1ccc(NC2CCC(Oc3cc(N4CCOCC4)cc4nccnc34)CC2)nc1.CCc1cc(NC2CCC(Oc3cc(N4CCOCC4)cc4nccnc34)CC2)ncn1.COc1cc(NC2CCC(Oc3cc(N4CCOCC4)cc4nccnc34)CC2)nc(C)n1. The van der Waals surface area contributed by atoms with Crippen LogP contribution in [0.2, 0.25) is 0 Å². The Morgan fingerprint density at radius 3 is 1.04 bits per heavy atom. The van der Waals surface area contributed by atoms with Gasteiger partial charge in [-0.15, -0.1) is 0 Å². The summed E-state index contributed by atoms with van der Waals surface area (Å²) in [6.45, 7) is 23.9. The average Bonchev–Trinajstić information content (AvgIpc) is 0.803. The molecular formula is C98H123N23O10. The number of morpholine rings is 4. The molecule has 4 N–H and O–H groups in total. The summed E-state index contributed by atoms with van der Waals surface area (Å²) >= 11 is 0. The highest BCUT2D eigenvalue weighted by Crippen LogP contribution is 2.40. The van der Waals surface area contributed by atoms with Crippen LogP contribution in [0.25, 0.3) is 44.1 Å². The minimum absolute atomic E-state index is 0.148. The van der Waals surface area contributed by atoms with Gasteiger partial charge in [0.25, 0.3) is 0 Å². The fourth-order valence-electron chi connectivity index (χ4n) is 18.2. The Hall–Kier alpha value is -12.3. The molecule has 0 unspecified atom stereocenters. The normalized spacial score (nSPS) is 21.2. The Morgan fingerprint density at radius 2 is 0.702 bits per heavy atom. The predicted octanol–water partition coefficient (Wildman–Crippen LogP) is 15.2. The molecule has 20 rings (SSSR count). The van der Waals surface area contributed by atoms with Gasteiger partial charge in [-0.05, 0) is 165 Å². The topological polar surface area (TPSA) is 347 Å². The number of anilines is 8. The molecule has 0 spiro atoms. The second kappa shape index (κ2) is 45.0. The lowest BCUT2D eigenvalue weighted by atomic mass is 9.93. The summed E-state index contributed by atoms with van der Waals surface area (Å²) in [6, 6.07) is 28.3. The summed E-state index contributed by atoms with van der Waals surface area (Å²) in [5.41, 5.74) is 13.4. The lowest BCUT2D eigenvalue weighted by Gasteiger charge is -2.31. The first-order chi connectivity index (χ1) is 64.4. The number of hydrogen-bond donors (Lipinski definition) is 4. The van der Waals surface area contributed by atoms with Crippen molar-refractivity contribution in [1.82, 2.24) is 74.8 Å². The fourth-order valence-corrected chi connectivity index (χ4v) is 18.2. The van der Waals surface area contributed by atoms with Gasteiger partial charge in [-0.1, -0.05) is 20.8 Å². The van der Waals surface area contributed by atoms with Gasteiger partial charge in [-0.2, -0.15) is 4.98 Å². The Morgan fingerprint density at radius 1 is 0.359 bits per heavy atom. The lowest BCUT2D eigenvalue weighted by Crippen LogP contribution is -2.36. The van der Waals surface area contributed by atoms with Crippen molar-refractivity contribution in [1.29, 1.82) is 0 Å². The third-order valence-corrected chi connectivity index (χ3v) is 25.3. The monoisotopic (exact) mass is 1780 g/mol. The van der Waals surface area contributed by atoms with Gasteiger partial charge in [-0.3, -0.25) is 19.9 Å². The maximum Gasteiger partial charge on any atom is 0.218 e. The van der Waals surface area contributed by atoms with Crippen LogP contribution in [0.3, 0.4) is 0 Å². The molecule has 4 aliphatic carbocycles. The number of ether oxygens (including phenoxy) is 10. The molecule has 12 heterocycles. The quantitative estimate of drug-likeness (QED) is 0.0413. The molecule has 0 radical (unpaired) electrons. The molecule has 8 aliphatic rings. The Kier molecular flexibility index (Phi) is 31.1. The van der Waals surface area contributed by atoms with Crippen LogP contribution in [0.1, 0.15) is 154 Å². The van der Waals surface area contributed by atoms with Gasteiger partial charge in [0.05, 0.1) is 119 Å². The van der Waals surface area contributed by atoms with E-state index in [2.05, 4.69) is 191 Å². The van der Waals surface area contributed by atoms with Crippen LogP contribution in [0.15, 0.2) is 147 Å². The third-order valence-electron chi connectivity index (χ3n) is 25.3. The van der Waals surface area contributed by atoms with Crippen molar-refractivity contribution in [2.75, 3.05) is 160 Å². The number of benzene rings is 4. The van der Waals surface area contributed by atoms with Crippen LogP contribution in [0.4, 0.5) is 46.0 Å². The van der Waals surface area contributed by atoms with Gasteiger partial charge < -0.3 is 88.2 Å². The van der Waals surface area contributed by atoms with Gasteiger partial charge in [0.2, 0.25) is 5.88 Å². The van der Waals surface area contributed by atoms with Gasteiger partial charge >= 0.3 is 0 Å². The number of hydrogen-bond acceptors (Lipinski definition) is 33. The van der Waals surface area contributed by atoms with Crippen LogP contribution >= 0.6 is 0 Å². The fraction of sp³-hybridized carbons (Fsp3) is 0.500. The van der Waals surface area contributed by atoms with Crippen molar-refractivity contribution >= 4 is 90.2 Å². The standard InChI is InChI=1S/C25H32N6O2.C25H31N5O3.C24H30N6O3.C24H30N6O2/c1-17(2)21-15-24(29-16-28-21)30-18-3-5-20(6-4-18)33-23-14-19(31-9-11-32-12-10-31)13-22-25(23)27-8-7-26-22;1-2-32-21-7-8-24(28-17-21)29-18-3-5-20(6-4-18)33-23-16-19(30-11-13-31-14-12-30)15-22-25(23)27-10-9-26-22;1-16-27-22(15-23(28-16)31-2)29-17-3-5-19(6-4-17)33-21-14-18(30-9-11-32-12-10-30)13-20-24(21)26-8-7-25-20;1-2-17-13-23(28-16-27-17)29-18-3-5-20(6-4-18)32-22-15-19(30-9-11-31-12-10-30)14-21-24(22)26-8-7-25-21/h7-8,13-18,20H,3-6,9-12H2,1-2H3,(H,28,29,30);7-10,15-18,20H,2-6,11-14H2,1H3,(H,28,29);7-8,13-15,17,19H,3-6,9-12H2,1-2H3,(H,27,28,29);7-8,13-16,18,20H,2-6,9-12H2,1H3,(H,27,28,29). The molecule has 0 amide bonds. The first-order valence-electron chi connectivity index (χ1n) is 47.0. The van der Waals surface area contributed by atoms with E-state index < -0.39 is 0 Å². The zero-order valence-corrected chi connectivity index (χ0v) is 76.2. The molecule has 0 atom stereocenters. The number of rotatable bonds is 25. The van der Waals surface area contributed by atoms with Gasteiger partial charge in [0.1, 0.15) is 92.6 Å². The van der Waals surface area contributed by atoms with Crippen LogP contribution in [-0.4, -0.2) is 242 Å². The highest BCUT2D eigenvalue weighted by Gasteiger charge is 2.31. The summed E-state index contributed by atoms with van der Waals surface area (Å²) in [6.07, 6.45) is 36.6. The molecule has 4 saturated heterocycles. The van der Waals surface area contributed by atoms with E-state index in [1.165, 1.54) is 0 Å². The van der Waals surface area contributed by atoms with E-state index in [4.69, 9.17) is 47.4 Å². The molecule has 131 heavy (non-hydrogen) atoms. The molecule has 33 nitrogen and oxygen atoms in total. The summed E-state index contributed by atoms with van der Waals surface area (Å²) in [5.74, 6) is 9.30. The van der Waals surface area contributed by atoms with Crippen molar-refractivity contribution in [2.24, 2.45) is 0 Å². The zero-order valence-electron chi connectivity index (χ0n) is 76.2.